The summed E-state index contributed by atoms with van der Waals surface area (Å²) in [5, 5.41) is 4.44. The van der Waals surface area contributed by atoms with Crippen LogP contribution in [0.1, 0.15) is 58.7 Å². The molecule has 1 atom stereocenters. The molecule has 1 heterocycles. The second-order valence-corrected chi connectivity index (χ2v) is 5.01. The third kappa shape index (κ3) is 3.19. The molecular formula is C14H25N3O. The minimum absolute atomic E-state index is 0.0851. The molecule has 0 amide bonds. The van der Waals surface area contributed by atoms with Crippen LogP contribution in [0.2, 0.25) is 0 Å². The second kappa shape index (κ2) is 6.14. The van der Waals surface area contributed by atoms with Gasteiger partial charge >= 0.3 is 0 Å². The van der Waals surface area contributed by atoms with Gasteiger partial charge in [0.25, 0.3) is 0 Å². The molecule has 18 heavy (non-hydrogen) atoms. The van der Waals surface area contributed by atoms with Gasteiger partial charge in [-0.25, -0.2) is 0 Å². The number of carbonyl (C=O) groups excluding carboxylic acids is 1. The van der Waals surface area contributed by atoms with E-state index < -0.39 is 5.54 Å². The summed E-state index contributed by atoms with van der Waals surface area (Å²) in [6, 6.07) is 2.28. The average molecular weight is 251 g/mol. The van der Waals surface area contributed by atoms with Gasteiger partial charge in [-0.1, -0.05) is 20.8 Å². The molecule has 4 heteroatoms. The fourth-order valence-corrected chi connectivity index (χ4v) is 1.89. The van der Waals surface area contributed by atoms with Crippen LogP contribution in [0.25, 0.3) is 0 Å². The molecule has 0 bridgehead atoms. The number of rotatable bonds is 7. The van der Waals surface area contributed by atoms with Crippen LogP contribution in [0.15, 0.2) is 12.3 Å². The van der Waals surface area contributed by atoms with Gasteiger partial charge in [0.2, 0.25) is 0 Å². The van der Waals surface area contributed by atoms with Crippen LogP contribution in [0, 0.1) is 0 Å². The number of Topliss-reactive ketones (excluding diaryl/α,β-unsaturated/α-hetero) is 1. The van der Waals surface area contributed by atoms with Crippen molar-refractivity contribution in [2.75, 3.05) is 0 Å². The molecule has 0 aliphatic rings. The highest BCUT2D eigenvalue weighted by atomic mass is 16.1. The maximum absolute atomic E-state index is 12.2. The molecule has 0 radical (unpaired) electrons. The summed E-state index contributed by atoms with van der Waals surface area (Å²) >= 11 is 0. The Hall–Kier alpha value is -1.16. The summed E-state index contributed by atoms with van der Waals surface area (Å²) < 4.78 is 1.92. The van der Waals surface area contributed by atoms with Crippen LogP contribution in [0.4, 0.5) is 0 Å². The summed E-state index contributed by atoms with van der Waals surface area (Å²) in [5.41, 5.74) is 6.22. The van der Waals surface area contributed by atoms with Crippen molar-refractivity contribution in [1.29, 1.82) is 0 Å². The number of nitrogens with zero attached hydrogens (tertiary/aromatic N) is 2. The Morgan fingerprint density at radius 3 is 2.56 bits per heavy atom. The van der Waals surface area contributed by atoms with Gasteiger partial charge < -0.3 is 5.73 Å². The molecule has 0 fully saturated rings. The van der Waals surface area contributed by atoms with Crippen molar-refractivity contribution in [3.05, 3.63) is 18.0 Å². The number of hydrogen-bond donors (Lipinski definition) is 1. The second-order valence-electron chi connectivity index (χ2n) is 5.01. The fourth-order valence-electron chi connectivity index (χ4n) is 1.89. The lowest BCUT2D eigenvalue weighted by Crippen LogP contribution is -2.47. The minimum atomic E-state index is -0.694. The Morgan fingerprint density at radius 1 is 1.44 bits per heavy atom. The zero-order chi connectivity index (χ0) is 13.8. The first kappa shape index (κ1) is 14.9. The summed E-state index contributed by atoms with van der Waals surface area (Å²) in [6.45, 7) is 8.15. The number of carbonyl (C=O) groups is 1. The van der Waals surface area contributed by atoms with E-state index in [-0.39, 0.29) is 5.78 Å². The SMILES string of the molecule is CCC(C)n1ccc(CC(=O)C(N)(CC)CC)n1. The molecule has 1 unspecified atom stereocenters. The van der Waals surface area contributed by atoms with E-state index in [0.29, 0.717) is 25.3 Å². The monoisotopic (exact) mass is 251 g/mol. The number of nitrogens with two attached hydrogens (primary N) is 1. The first-order chi connectivity index (χ1) is 8.46. The highest BCUT2D eigenvalue weighted by Crippen LogP contribution is 2.16. The van der Waals surface area contributed by atoms with Crippen LogP contribution in [-0.4, -0.2) is 21.1 Å². The van der Waals surface area contributed by atoms with Crippen molar-refractivity contribution >= 4 is 5.78 Å². The molecule has 0 aromatic carbocycles. The first-order valence-electron chi connectivity index (χ1n) is 6.83. The third-order valence-corrected chi connectivity index (χ3v) is 3.86. The van der Waals surface area contributed by atoms with Gasteiger partial charge in [0.15, 0.2) is 5.78 Å². The van der Waals surface area contributed by atoms with E-state index in [4.69, 9.17) is 5.73 Å². The minimum Gasteiger partial charge on any atom is -0.319 e. The van der Waals surface area contributed by atoms with Gasteiger partial charge in [-0.15, -0.1) is 0 Å². The number of hydrogen-bond acceptors (Lipinski definition) is 3. The largest absolute Gasteiger partial charge is 0.319 e. The van der Waals surface area contributed by atoms with Gasteiger partial charge in [-0.05, 0) is 32.3 Å². The van der Waals surface area contributed by atoms with E-state index in [1.54, 1.807) is 0 Å². The maximum atomic E-state index is 12.2. The Kier molecular flexibility index (Phi) is 5.08. The lowest BCUT2D eigenvalue weighted by Gasteiger charge is -2.24. The molecule has 0 aliphatic heterocycles. The normalized spacial score (nSPS) is 13.6. The van der Waals surface area contributed by atoms with Crippen molar-refractivity contribution < 1.29 is 4.79 Å². The molecule has 1 rings (SSSR count). The van der Waals surface area contributed by atoms with Crippen LogP contribution in [0.5, 0.6) is 0 Å². The molecule has 102 valence electrons. The lowest BCUT2D eigenvalue weighted by molar-refractivity contribution is -0.123. The quantitative estimate of drug-likeness (QED) is 0.810. The predicted octanol–water partition coefficient (Wildman–Crippen LogP) is 2.48. The van der Waals surface area contributed by atoms with Crippen LogP contribution in [-0.2, 0) is 11.2 Å². The van der Waals surface area contributed by atoms with Gasteiger partial charge in [0.05, 0.1) is 17.7 Å². The average Bonchev–Trinajstić information content (AvgIpc) is 2.85. The third-order valence-electron chi connectivity index (χ3n) is 3.86. The van der Waals surface area contributed by atoms with Crippen LogP contribution in [0.3, 0.4) is 0 Å². The Labute approximate surface area is 110 Å². The maximum Gasteiger partial charge on any atom is 0.158 e. The van der Waals surface area contributed by atoms with E-state index in [1.807, 2.05) is 30.8 Å². The van der Waals surface area contributed by atoms with Crippen molar-refractivity contribution in [2.45, 2.75) is 65.0 Å². The molecule has 2 N–H and O–H groups in total. The van der Waals surface area contributed by atoms with Crippen molar-refractivity contribution in [3.8, 4) is 0 Å². The molecule has 1 aromatic rings. The topological polar surface area (TPSA) is 60.9 Å². The molecule has 0 spiro atoms. The van der Waals surface area contributed by atoms with Crippen molar-refractivity contribution in [2.24, 2.45) is 5.73 Å². The summed E-state index contributed by atoms with van der Waals surface area (Å²) in [7, 11) is 0. The van der Waals surface area contributed by atoms with Gasteiger partial charge in [-0.2, -0.15) is 5.10 Å². The molecule has 0 saturated heterocycles. The standard InChI is InChI=1S/C14H25N3O/c1-5-11(4)17-9-8-12(16-17)10-13(18)14(15,6-2)7-3/h8-9,11H,5-7,10,15H2,1-4H3. The molecule has 4 nitrogen and oxygen atoms in total. The highest BCUT2D eigenvalue weighted by Gasteiger charge is 2.29. The van der Waals surface area contributed by atoms with E-state index in [2.05, 4.69) is 18.9 Å². The zero-order valence-electron chi connectivity index (χ0n) is 11.9. The van der Waals surface area contributed by atoms with E-state index in [1.165, 1.54) is 0 Å². The van der Waals surface area contributed by atoms with Gasteiger partial charge in [0.1, 0.15) is 0 Å². The predicted molar refractivity (Wildman–Crippen MR) is 73.4 cm³/mol. The molecule has 0 saturated carbocycles. The van der Waals surface area contributed by atoms with Crippen LogP contribution < -0.4 is 5.73 Å². The van der Waals surface area contributed by atoms with E-state index in [9.17, 15) is 4.79 Å². The Bertz CT molecular complexity index is 393. The van der Waals surface area contributed by atoms with Gasteiger partial charge in [-0.3, -0.25) is 9.48 Å². The molecule has 0 aliphatic carbocycles. The zero-order valence-corrected chi connectivity index (χ0v) is 11.9. The fraction of sp³-hybridized carbons (Fsp3) is 0.714. The Balaban J connectivity index is 2.73. The van der Waals surface area contributed by atoms with Crippen molar-refractivity contribution in [1.82, 2.24) is 9.78 Å². The van der Waals surface area contributed by atoms with E-state index >= 15 is 0 Å². The lowest BCUT2D eigenvalue weighted by atomic mass is 9.87. The van der Waals surface area contributed by atoms with Gasteiger partial charge in [0, 0.05) is 12.2 Å². The highest BCUT2D eigenvalue weighted by molar-refractivity contribution is 5.89. The Morgan fingerprint density at radius 2 is 2.06 bits per heavy atom. The number of ketones is 1. The van der Waals surface area contributed by atoms with Crippen LogP contribution >= 0.6 is 0 Å². The summed E-state index contributed by atoms with van der Waals surface area (Å²) in [5.74, 6) is 0.0851. The molecular weight excluding hydrogens is 226 g/mol. The van der Waals surface area contributed by atoms with E-state index in [0.717, 1.165) is 12.1 Å². The number of aromatic nitrogens is 2. The molecule has 1 aromatic heterocycles. The van der Waals surface area contributed by atoms with Crippen molar-refractivity contribution in [3.63, 3.8) is 0 Å². The first-order valence-corrected chi connectivity index (χ1v) is 6.83. The smallest absolute Gasteiger partial charge is 0.158 e. The summed E-state index contributed by atoms with van der Waals surface area (Å²) in [4.78, 5) is 12.2. The summed E-state index contributed by atoms with van der Waals surface area (Å²) in [6.07, 6.45) is 4.65.